The Kier molecular flexibility index (Phi) is 5.77. The fraction of sp³-hybridized carbons (Fsp3) is 1.00. The molecule has 1 aliphatic carbocycles. The van der Waals surface area contributed by atoms with E-state index in [0.29, 0.717) is 6.04 Å². The van der Waals surface area contributed by atoms with Crippen molar-refractivity contribution in [3.8, 4) is 0 Å². The molecule has 1 aliphatic rings. The summed E-state index contributed by atoms with van der Waals surface area (Å²) >= 11 is 0. The molecule has 0 aromatic carbocycles. The number of hydrogen-bond acceptors (Lipinski definition) is 2. The Labute approximate surface area is 102 Å². The summed E-state index contributed by atoms with van der Waals surface area (Å²) in [5.74, 6) is 1.70. The van der Waals surface area contributed by atoms with Gasteiger partial charge >= 0.3 is 0 Å². The summed E-state index contributed by atoms with van der Waals surface area (Å²) in [4.78, 5) is 2.55. The van der Waals surface area contributed by atoms with E-state index in [1.54, 1.807) is 0 Å². The van der Waals surface area contributed by atoms with Crippen LogP contribution in [0, 0.1) is 11.8 Å². The van der Waals surface area contributed by atoms with Gasteiger partial charge in [0, 0.05) is 18.6 Å². The second-order valence-corrected chi connectivity index (χ2v) is 5.82. The van der Waals surface area contributed by atoms with Crippen LogP contribution in [0.25, 0.3) is 0 Å². The van der Waals surface area contributed by atoms with Gasteiger partial charge in [-0.15, -0.1) is 0 Å². The lowest BCUT2D eigenvalue weighted by Gasteiger charge is -2.31. The van der Waals surface area contributed by atoms with Crippen LogP contribution in [0.1, 0.15) is 47.0 Å². The molecular weight excluding hydrogens is 196 g/mol. The van der Waals surface area contributed by atoms with E-state index in [0.717, 1.165) is 24.4 Å². The first kappa shape index (κ1) is 14.0. The van der Waals surface area contributed by atoms with E-state index in [1.165, 1.54) is 25.8 Å². The van der Waals surface area contributed by atoms with Crippen molar-refractivity contribution < 1.29 is 0 Å². The van der Waals surface area contributed by atoms with Gasteiger partial charge in [0.1, 0.15) is 0 Å². The predicted octanol–water partition coefficient (Wildman–Crippen LogP) is 2.74. The zero-order chi connectivity index (χ0) is 12.1. The van der Waals surface area contributed by atoms with E-state index in [9.17, 15) is 0 Å². The molecule has 2 nitrogen and oxygen atoms in total. The van der Waals surface area contributed by atoms with Crippen LogP contribution in [0.2, 0.25) is 0 Å². The van der Waals surface area contributed by atoms with Gasteiger partial charge in [-0.1, -0.05) is 20.8 Å². The third-order valence-corrected chi connectivity index (χ3v) is 3.95. The molecular formula is C14H30N2. The summed E-state index contributed by atoms with van der Waals surface area (Å²) in [5, 5.41) is 3.67. The number of nitrogens with zero attached hydrogens (tertiary/aromatic N) is 1. The van der Waals surface area contributed by atoms with Crippen molar-refractivity contribution >= 4 is 0 Å². The molecule has 0 aromatic rings. The van der Waals surface area contributed by atoms with Crippen LogP contribution in [0.15, 0.2) is 0 Å². The highest BCUT2D eigenvalue weighted by molar-refractivity contribution is 4.86. The third-order valence-electron chi connectivity index (χ3n) is 3.95. The van der Waals surface area contributed by atoms with Crippen molar-refractivity contribution in [1.82, 2.24) is 10.2 Å². The van der Waals surface area contributed by atoms with Gasteiger partial charge in [0.15, 0.2) is 0 Å². The number of nitrogens with one attached hydrogen (secondary N) is 1. The first-order valence-electron chi connectivity index (χ1n) is 6.99. The minimum atomic E-state index is 0.645. The zero-order valence-corrected chi connectivity index (χ0v) is 11.8. The summed E-state index contributed by atoms with van der Waals surface area (Å²) in [7, 11) is 2.28. The van der Waals surface area contributed by atoms with Crippen molar-refractivity contribution in [1.29, 1.82) is 0 Å². The van der Waals surface area contributed by atoms with Crippen molar-refractivity contribution in [2.24, 2.45) is 11.8 Å². The molecule has 1 N–H and O–H groups in total. The quantitative estimate of drug-likeness (QED) is 0.684. The molecule has 0 aromatic heterocycles. The molecule has 16 heavy (non-hydrogen) atoms. The van der Waals surface area contributed by atoms with Crippen LogP contribution in [-0.4, -0.2) is 37.1 Å². The third kappa shape index (κ3) is 4.42. The lowest BCUT2D eigenvalue weighted by Crippen LogP contribution is -2.46. The molecule has 0 saturated heterocycles. The predicted molar refractivity (Wildman–Crippen MR) is 71.7 cm³/mol. The van der Waals surface area contributed by atoms with Crippen molar-refractivity contribution in [2.75, 3.05) is 20.1 Å². The number of likely N-dealkylation sites (N-methyl/N-ethyl adjacent to an activating group) is 1. The molecule has 1 fully saturated rings. The molecule has 0 bridgehead atoms. The van der Waals surface area contributed by atoms with E-state index >= 15 is 0 Å². The van der Waals surface area contributed by atoms with Crippen LogP contribution >= 0.6 is 0 Å². The maximum atomic E-state index is 3.67. The van der Waals surface area contributed by atoms with Gasteiger partial charge in [-0.2, -0.15) is 0 Å². The van der Waals surface area contributed by atoms with Crippen LogP contribution in [0.5, 0.6) is 0 Å². The molecule has 1 saturated carbocycles. The lowest BCUT2D eigenvalue weighted by atomic mass is 10.0. The molecule has 0 radical (unpaired) electrons. The summed E-state index contributed by atoms with van der Waals surface area (Å²) in [5.41, 5.74) is 0. The molecule has 96 valence electrons. The Morgan fingerprint density at radius 1 is 1.25 bits per heavy atom. The number of rotatable bonds is 8. The Morgan fingerprint density at radius 2 is 1.88 bits per heavy atom. The van der Waals surface area contributed by atoms with Crippen molar-refractivity contribution in [3.63, 3.8) is 0 Å². The minimum absolute atomic E-state index is 0.645. The van der Waals surface area contributed by atoms with E-state index in [2.05, 4.69) is 45.0 Å². The smallest absolute Gasteiger partial charge is 0.0217 e. The maximum Gasteiger partial charge on any atom is 0.0217 e. The van der Waals surface area contributed by atoms with Crippen LogP contribution in [0.3, 0.4) is 0 Å². The highest BCUT2D eigenvalue weighted by atomic mass is 15.2. The fourth-order valence-corrected chi connectivity index (χ4v) is 2.26. The van der Waals surface area contributed by atoms with E-state index in [4.69, 9.17) is 0 Å². The van der Waals surface area contributed by atoms with Gasteiger partial charge in [-0.05, 0) is 51.6 Å². The Bertz CT molecular complexity index is 187. The normalized spacial score (nSPS) is 20.4. The van der Waals surface area contributed by atoms with Crippen molar-refractivity contribution in [2.45, 2.75) is 59.0 Å². The van der Waals surface area contributed by atoms with E-state index in [1.807, 2.05) is 0 Å². The molecule has 2 heteroatoms. The zero-order valence-electron chi connectivity index (χ0n) is 11.8. The summed E-state index contributed by atoms with van der Waals surface area (Å²) in [6.45, 7) is 11.6. The van der Waals surface area contributed by atoms with Crippen LogP contribution in [-0.2, 0) is 0 Å². The maximum absolute atomic E-state index is 3.67. The van der Waals surface area contributed by atoms with Gasteiger partial charge in [0.05, 0.1) is 0 Å². The van der Waals surface area contributed by atoms with Crippen LogP contribution < -0.4 is 5.32 Å². The molecule has 0 heterocycles. The standard InChI is InChI=1S/C14H30N2/c1-6-9-15-14(11(2)3)10-16(5)12(4)13-7-8-13/h11-15H,6-10H2,1-5H3. The molecule has 0 spiro atoms. The van der Waals surface area contributed by atoms with E-state index < -0.39 is 0 Å². The average molecular weight is 226 g/mol. The molecule has 2 unspecified atom stereocenters. The summed E-state index contributed by atoms with van der Waals surface area (Å²) in [6.07, 6.45) is 4.12. The largest absolute Gasteiger partial charge is 0.312 e. The number of hydrogen-bond donors (Lipinski definition) is 1. The lowest BCUT2D eigenvalue weighted by molar-refractivity contribution is 0.191. The van der Waals surface area contributed by atoms with Gasteiger partial charge in [0.25, 0.3) is 0 Å². The Hall–Kier alpha value is -0.0800. The molecule has 2 atom stereocenters. The van der Waals surface area contributed by atoms with Crippen LogP contribution in [0.4, 0.5) is 0 Å². The Balaban J connectivity index is 2.33. The summed E-state index contributed by atoms with van der Waals surface area (Å²) in [6, 6.07) is 1.41. The van der Waals surface area contributed by atoms with Gasteiger partial charge < -0.3 is 10.2 Å². The monoisotopic (exact) mass is 226 g/mol. The molecule has 1 rings (SSSR count). The highest BCUT2D eigenvalue weighted by Crippen LogP contribution is 2.34. The Morgan fingerprint density at radius 3 is 2.31 bits per heavy atom. The SMILES string of the molecule is CCCNC(CN(C)C(C)C1CC1)C(C)C. The second-order valence-electron chi connectivity index (χ2n) is 5.82. The second kappa shape index (κ2) is 6.61. The van der Waals surface area contributed by atoms with Crippen molar-refractivity contribution in [3.05, 3.63) is 0 Å². The first-order chi connectivity index (χ1) is 7.56. The fourth-order valence-electron chi connectivity index (χ4n) is 2.26. The minimum Gasteiger partial charge on any atom is -0.312 e. The van der Waals surface area contributed by atoms with E-state index in [-0.39, 0.29) is 0 Å². The van der Waals surface area contributed by atoms with Gasteiger partial charge in [0.2, 0.25) is 0 Å². The summed E-state index contributed by atoms with van der Waals surface area (Å²) < 4.78 is 0. The molecule has 0 aliphatic heterocycles. The molecule has 0 amide bonds. The average Bonchev–Trinajstić information content (AvgIpc) is 3.05. The van der Waals surface area contributed by atoms with Gasteiger partial charge in [-0.3, -0.25) is 0 Å². The van der Waals surface area contributed by atoms with Gasteiger partial charge in [-0.25, -0.2) is 0 Å². The highest BCUT2D eigenvalue weighted by Gasteiger charge is 2.31. The first-order valence-corrected chi connectivity index (χ1v) is 6.99. The topological polar surface area (TPSA) is 15.3 Å².